The van der Waals surface area contributed by atoms with E-state index < -0.39 is 0 Å². The molecule has 0 spiro atoms. The molecule has 0 saturated heterocycles. The summed E-state index contributed by atoms with van der Waals surface area (Å²) in [6.45, 7) is 3.91. The first kappa shape index (κ1) is 16.7. The molecule has 1 heterocycles. The number of nitrogens with one attached hydrogen (secondary N) is 1. The van der Waals surface area contributed by atoms with Crippen LogP contribution in [0.3, 0.4) is 0 Å². The van der Waals surface area contributed by atoms with Crippen molar-refractivity contribution in [2.45, 2.75) is 26.7 Å². The fraction of sp³-hybridized carbons (Fsp3) is 0.278. The van der Waals surface area contributed by atoms with Crippen molar-refractivity contribution in [2.24, 2.45) is 0 Å². The average Bonchev–Trinajstić information content (AvgIpc) is 2.54. The molecule has 0 saturated carbocycles. The van der Waals surface area contributed by atoms with Gasteiger partial charge in [0.05, 0.1) is 6.61 Å². The van der Waals surface area contributed by atoms with Gasteiger partial charge in [0.15, 0.2) is 5.78 Å². The first-order chi connectivity index (χ1) is 11.0. The molecule has 2 rings (SSSR count). The highest BCUT2D eigenvalue weighted by atomic mass is 16.5. The number of pyridine rings is 1. The van der Waals surface area contributed by atoms with Crippen LogP contribution in [0.5, 0.6) is 5.75 Å². The van der Waals surface area contributed by atoms with Gasteiger partial charge in [0.2, 0.25) is 5.91 Å². The third kappa shape index (κ3) is 5.54. The van der Waals surface area contributed by atoms with Gasteiger partial charge in [-0.05, 0) is 56.2 Å². The molecule has 0 bridgehead atoms. The number of rotatable bonds is 7. The van der Waals surface area contributed by atoms with E-state index >= 15 is 0 Å². The third-order valence-electron chi connectivity index (χ3n) is 3.26. The number of anilines is 1. The van der Waals surface area contributed by atoms with Gasteiger partial charge in [-0.1, -0.05) is 6.07 Å². The lowest BCUT2D eigenvalue weighted by molar-refractivity contribution is -0.116. The molecule has 0 aliphatic heterocycles. The topological polar surface area (TPSA) is 68.3 Å². The van der Waals surface area contributed by atoms with Crippen molar-refractivity contribution < 1.29 is 14.3 Å². The van der Waals surface area contributed by atoms with Gasteiger partial charge in [-0.15, -0.1) is 0 Å². The number of amides is 1. The van der Waals surface area contributed by atoms with Gasteiger partial charge in [0, 0.05) is 18.2 Å². The quantitative estimate of drug-likeness (QED) is 0.628. The van der Waals surface area contributed by atoms with Crippen LogP contribution in [-0.2, 0) is 4.79 Å². The van der Waals surface area contributed by atoms with Gasteiger partial charge in [-0.3, -0.25) is 9.59 Å². The zero-order chi connectivity index (χ0) is 16.7. The van der Waals surface area contributed by atoms with Gasteiger partial charge in [-0.25, -0.2) is 4.98 Å². The number of nitrogens with zero attached hydrogens (tertiary/aromatic N) is 1. The minimum atomic E-state index is -0.0862. The minimum Gasteiger partial charge on any atom is -0.494 e. The van der Waals surface area contributed by atoms with E-state index in [1.165, 1.54) is 6.92 Å². The fourth-order valence-corrected chi connectivity index (χ4v) is 1.96. The molecule has 5 nitrogen and oxygen atoms in total. The molecule has 0 fully saturated rings. The summed E-state index contributed by atoms with van der Waals surface area (Å²) in [5.41, 5.74) is 1.70. The molecule has 0 atom stereocenters. The van der Waals surface area contributed by atoms with E-state index in [1.807, 2.05) is 13.0 Å². The minimum absolute atomic E-state index is 0.0259. The van der Waals surface area contributed by atoms with Crippen LogP contribution in [0.15, 0.2) is 42.6 Å². The summed E-state index contributed by atoms with van der Waals surface area (Å²) >= 11 is 0. The molecule has 1 N–H and O–H groups in total. The summed E-state index contributed by atoms with van der Waals surface area (Å²) in [6.07, 6.45) is 2.68. The molecule has 23 heavy (non-hydrogen) atoms. The average molecular weight is 312 g/mol. The molecule has 1 aromatic heterocycles. The summed E-state index contributed by atoms with van der Waals surface area (Å²) in [6, 6.07) is 10.7. The van der Waals surface area contributed by atoms with Gasteiger partial charge in [-0.2, -0.15) is 0 Å². The number of aryl methyl sites for hydroxylation is 1. The van der Waals surface area contributed by atoms with Crippen molar-refractivity contribution in [3.8, 4) is 5.75 Å². The predicted octanol–water partition coefficient (Wildman–Crippen LogP) is 3.39. The van der Waals surface area contributed by atoms with Crippen LogP contribution in [0.2, 0.25) is 0 Å². The molecular weight excluding hydrogens is 292 g/mol. The lowest BCUT2D eigenvalue weighted by atomic mass is 10.1. The van der Waals surface area contributed by atoms with Crippen LogP contribution in [0.25, 0.3) is 0 Å². The van der Waals surface area contributed by atoms with Crippen molar-refractivity contribution >= 4 is 17.5 Å². The van der Waals surface area contributed by atoms with Crippen LogP contribution in [0, 0.1) is 6.92 Å². The summed E-state index contributed by atoms with van der Waals surface area (Å²) in [5, 5.41) is 2.74. The second-order valence-corrected chi connectivity index (χ2v) is 5.30. The molecule has 0 unspecified atom stereocenters. The maximum Gasteiger partial charge on any atom is 0.225 e. The number of hydrogen-bond acceptors (Lipinski definition) is 4. The van der Waals surface area contributed by atoms with Gasteiger partial charge in [0.1, 0.15) is 11.6 Å². The predicted molar refractivity (Wildman–Crippen MR) is 88.8 cm³/mol. The van der Waals surface area contributed by atoms with Crippen LogP contribution >= 0.6 is 0 Å². The van der Waals surface area contributed by atoms with Crippen molar-refractivity contribution in [3.63, 3.8) is 0 Å². The highest BCUT2D eigenvalue weighted by Crippen LogP contribution is 2.13. The molecule has 0 radical (unpaired) electrons. The first-order valence-electron chi connectivity index (χ1n) is 7.51. The van der Waals surface area contributed by atoms with Gasteiger partial charge < -0.3 is 10.1 Å². The molecule has 2 aromatic rings. The van der Waals surface area contributed by atoms with Crippen molar-refractivity contribution in [3.05, 3.63) is 53.7 Å². The van der Waals surface area contributed by atoms with Crippen LogP contribution in [0.1, 0.15) is 35.7 Å². The zero-order valence-corrected chi connectivity index (χ0v) is 13.3. The van der Waals surface area contributed by atoms with Crippen molar-refractivity contribution in [1.29, 1.82) is 0 Å². The largest absolute Gasteiger partial charge is 0.494 e. The number of Topliss-reactive ketones (excluding diaryl/α,β-unsaturated/α-hetero) is 1. The lowest BCUT2D eigenvalue weighted by Gasteiger charge is -2.07. The highest BCUT2D eigenvalue weighted by Gasteiger charge is 2.04. The number of carbonyl (C=O) groups excluding carboxylic acids is 2. The number of hydrogen-bond donors (Lipinski definition) is 1. The van der Waals surface area contributed by atoms with E-state index in [-0.39, 0.29) is 11.7 Å². The number of benzene rings is 1. The molecule has 0 aliphatic rings. The Bertz CT molecular complexity index is 664. The molecule has 1 aromatic carbocycles. The second kappa shape index (κ2) is 8.08. The summed E-state index contributed by atoms with van der Waals surface area (Å²) < 4.78 is 5.55. The van der Waals surface area contributed by atoms with Crippen molar-refractivity contribution in [2.75, 3.05) is 11.9 Å². The lowest BCUT2D eigenvalue weighted by Crippen LogP contribution is -2.13. The van der Waals surface area contributed by atoms with Crippen LogP contribution in [0.4, 0.5) is 5.82 Å². The maximum absolute atomic E-state index is 11.8. The molecule has 1 amide bonds. The van der Waals surface area contributed by atoms with E-state index in [9.17, 15) is 9.59 Å². The monoisotopic (exact) mass is 312 g/mol. The maximum atomic E-state index is 11.8. The second-order valence-electron chi connectivity index (χ2n) is 5.30. The number of ketones is 1. The Labute approximate surface area is 135 Å². The van der Waals surface area contributed by atoms with Crippen LogP contribution in [-0.4, -0.2) is 23.3 Å². The Kier molecular flexibility index (Phi) is 5.86. The molecule has 0 aliphatic carbocycles. The zero-order valence-electron chi connectivity index (χ0n) is 13.3. The fourth-order valence-electron chi connectivity index (χ4n) is 1.96. The Morgan fingerprint density at radius 1 is 1.13 bits per heavy atom. The van der Waals surface area contributed by atoms with E-state index in [1.54, 1.807) is 36.5 Å². The molecular formula is C18H20N2O3. The number of carbonyl (C=O) groups is 2. The Morgan fingerprint density at radius 2 is 1.87 bits per heavy atom. The first-order valence-corrected chi connectivity index (χ1v) is 7.51. The highest BCUT2D eigenvalue weighted by molar-refractivity contribution is 5.94. The van der Waals surface area contributed by atoms with E-state index in [0.717, 1.165) is 5.56 Å². The van der Waals surface area contributed by atoms with E-state index in [0.29, 0.717) is 36.6 Å². The smallest absolute Gasteiger partial charge is 0.225 e. The summed E-state index contributed by atoms with van der Waals surface area (Å²) in [5.74, 6) is 1.19. The van der Waals surface area contributed by atoms with E-state index in [2.05, 4.69) is 10.3 Å². The van der Waals surface area contributed by atoms with E-state index in [4.69, 9.17) is 4.74 Å². The SMILES string of the molecule is CC(=O)c1ccc(OCCCC(=O)Nc2ccc(C)cn2)cc1. The Balaban J connectivity index is 1.69. The summed E-state index contributed by atoms with van der Waals surface area (Å²) in [4.78, 5) is 27.1. The summed E-state index contributed by atoms with van der Waals surface area (Å²) in [7, 11) is 0. The Morgan fingerprint density at radius 3 is 2.48 bits per heavy atom. The number of aromatic nitrogens is 1. The van der Waals surface area contributed by atoms with Crippen molar-refractivity contribution in [1.82, 2.24) is 4.98 Å². The standard InChI is InChI=1S/C18H20N2O3/c1-13-5-10-17(19-12-13)20-18(22)4-3-11-23-16-8-6-15(7-9-16)14(2)21/h5-10,12H,3-4,11H2,1-2H3,(H,19,20,22). The van der Waals surface area contributed by atoms with Crippen LogP contribution < -0.4 is 10.1 Å². The molecule has 5 heteroatoms. The van der Waals surface area contributed by atoms with Gasteiger partial charge in [0.25, 0.3) is 0 Å². The third-order valence-corrected chi connectivity index (χ3v) is 3.26. The normalized spacial score (nSPS) is 10.2. The molecule has 120 valence electrons. The Hall–Kier alpha value is -2.69. The number of ether oxygens (including phenoxy) is 1. The van der Waals surface area contributed by atoms with Gasteiger partial charge >= 0.3 is 0 Å².